The van der Waals surface area contributed by atoms with E-state index < -0.39 is 6.36 Å². The Balaban J connectivity index is 2.23. The first-order valence-corrected chi connectivity index (χ1v) is 4.57. The second-order valence-corrected chi connectivity index (χ2v) is 3.59. The van der Waals surface area contributed by atoms with Crippen molar-refractivity contribution in [3.8, 4) is 5.75 Å². The summed E-state index contributed by atoms with van der Waals surface area (Å²) in [7, 11) is 0. The zero-order chi connectivity index (χ0) is 11.1. The molecule has 1 saturated carbocycles. The number of para-hydroxylation sites is 1. The molecule has 0 aromatic heterocycles. The Kier molecular flexibility index (Phi) is 2.34. The van der Waals surface area contributed by atoms with E-state index in [0.29, 0.717) is 5.56 Å². The van der Waals surface area contributed by atoms with Gasteiger partial charge in [0.2, 0.25) is 0 Å². The molecular formula is C10H10F3NO. The molecule has 82 valence electrons. The Morgan fingerprint density at radius 2 is 1.87 bits per heavy atom. The summed E-state index contributed by atoms with van der Waals surface area (Å²) in [6, 6.07) is 6.09. The van der Waals surface area contributed by atoms with Gasteiger partial charge < -0.3 is 10.5 Å². The lowest BCUT2D eigenvalue weighted by Gasteiger charge is -2.12. The molecule has 2 rings (SSSR count). The van der Waals surface area contributed by atoms with Crippen LogP contribution in [0.2, 0.25) is 0 Å². The third-order valence-electron chi connectivity index (χ3n) is 2.38. The maximum atomic E-state index is 12.0. The lowest BCUT2D eigenvalue weighted by Crippen LogP contribution is -2.18. The summed E-state index contributed by atoms with van der Waals surface area (Å²) >= 11 is 0. The number of ether oxygens (including phenoxy) is 1. The van der Waals surface area contributed by atoms with Crippen LogP contribution in [0.3, 0.4) is 0 Å². The number of hydrogen-bond donors (Lipinski definition) is 1. The second-order valence-electron chi connectivity index (χ2n) is 3.59. The fourth-order valence-corrected chi connectivity index (χ4v) is 1.58. The minimum Gasteiger partial charge on any atom is -0.405 e. The predicted molar refractivity (Wildman–Crippen MR) is 48.5 cm³/mol. The van der Waals surface area contributed by atoms with Crippen LogP contribution in [0.1, 0.15) is 17.9 Å². The van der Waals surface area contributed by atoms with Gasteiger partial charge in [-0.15, -0.1) is 13.2 Å². The van der Waals surface area contributed by atoms with Gasteiger partial charge in [-0.1, -0.05) is 18.2 Å². The molecule has 1 aromatic carbocycles. The maximum absolute atomic E-state index is 12.0. The van der Waals surface area contributed by atoms with Crippen molar-refractivity contribution in [3.63, 3.8) is 0 Å². The largest absolute Gasteiger partial charge is 0.573 e. The number of nitrogens with two attached hydrogens (primary N) is 1. The fourth-order valence-electron chi connectivity index (χ4n) is 1.58. The lowest BCUT2D eigenvalue weighted by atomic mass is 10.1. The van der Waals surface area contributed by atoms with Crippen LogP contribution >= 0.6 is 0 Å². The molecule has 1 aliphatic rings. The zero-order valence-corrected chi connectivity index (χ0v) is 7.79. The number of alkyl halides is 3. The van der Waals surface area contributed by atoms with Crippen LogP contribution in [0.25, 0.3) is 0 Å². The van der Waals surface area contributed by atoms with E-state index in [-0.39, 0.29) is 17.7 Å². The Labute approximate surface area is 84.8 Å². The molecule has 2 atom stereocenters. The summed E-state index contributed by atoms with van der Waals surface area (Å²) < 4.78 is 40.1. The minimum absolute atomic E-state index is 0.00329. The van der Waals surface area contributed by atoms with Crippen LogP contribution in [-0.4, -0.2) is 12.4 Å². The van der Waals surface area contributed by atoms with E-state index in [2.05, 4.69) is 4.74 Å². The van der Waals surface area contributed by atoms with Gasteiger partial charge >= 0.3 is 6.36 Å². The van der Waals surface area contributed by atoms with Gasteiger partial charge in [0.1, 0.15) is 5.75 Å². The van der Waals surface area contributed by atoms with Crippen LogP contribution in [-0.2, 0) is 0 Å². The molecule has 0 bridgehead atoms. The maximum Gasteiger partial charge on any atom is 0.573 e. The molecule has 2 N–H and O–H groups in total. The average Bonchev–Trinajstić information content (AvgIpc) is 2.80. The normalized spacial score (nSPS) is 25.1. The van der Waals surface area contributed by atoms with Gasteiger partial charge in [-0.2, -0.15) is 0 Å². The lowest BCUT2D eigenvalue weighted by molar-refractivity contribution is -0.274. The Bertz CT molecular complexity index is 364. The first kappa shape index (κ1) is 10.3. The molecule has 0 heterocycles. The van der Waals surface area contributed by atoms with E-state index in [9.17, 15) is 13.2 Å². The van der Waals surface area contributed by atoms with Gasteiger partial charge in [0.05, 0.1) is 0 Å². The molecule has 0 unspecified atom stereocenters. The summed E-state index contributed by atoms with van der Waals surface area (Å²) in [4.78, 5) is 0. The van der Waals surface area contributed by atoms with Crippen LogP contribution in [0.15, 0.2) is 24.3 Å². The van der Waals surface area contributed by atoms with E-state index in [1.54, 1.807) is 12.1 Å². The van der Waals surface area contributed by atoms with Crippen LogP contribution in [0.4, 0.5) is 13.2 Å². The average molecular weight is 217 g/mol. The van der Waals surface area contributed by atoms with Crippen LogP contribution < -0.4 is 10.5 Å². The van der Waals surface area contributed by atoms with Crippen molar-refractivity contribution in [2.45, 2.75) is 24.7 Å². The van der Waals surface area contributed by atoms with Crippen molar-refractivity contribution in [1.82, 2.24) is 0 Å². The fraction of sp³-hybridized carbons (Fsp3) is 0.400. The highest BCUT2D eigenvalue weighted by Crippen LogP contribution is 2.44. The summed E-state index contributed by atoms with van der Waals surface area (Å²) in [6.45, 7) is 0. The van der Waals surface area contributed by atoms with Crippen LogP contribution in [0.5, 0.6) is 5.75 Å². The van der Waals surface area contributed by atoms with Crippen molar-refractivity contribution >= 4 is 0 Å². The molecule has 0 aliphatic heterocycles. The van der Waals surface area contributed by atoms with E-state index in [1.165, 1.54) is 12.1 Å². The van der Waals surface area contributed by atoms with Crippen molar-refractivity contribution < 1.29 is 17.9 Å². The Hall–Kier alpha value is -1.23. The zero-order valence-electron chi connectivity index (χ0n) is 7.79. The topological polar surface area (TPSA) is 35.2 Å². The smallest absolute Gasteiger partial charge is 0.405 e. The SMILES string of the molecule is N[C@@H]1C[C@@H]1c1ccccc1OC(F)(F)F. The van der Waals surface area contributed by atoms with E-state index in [4.69, 9.17) is 5.73 Å². The third-order valence-corrected chi connectivity index (χ3v) is 2.38. The number of halogens is 3. The van der Waals surface area contributed by atoms with Crippen molar-refractivity contribution in [2.75, 3.05) is 0 Å². The highest BCUT2D eigenvalue weighted by molar-refractivity contribution is 5.40. The highest BCUT2D eigenvalue weighted by atomic mass is 19.4. The molecule has 1 fully saturated rings. The van der Waals surface area contributed by atoms with E-state index >= 15 is 0 Å². The van der Waals surface area contributed by atoms with E-state index in [1.807, 2.05) is 0 Å². The minimum atomic E-state index is -4.64. The standard InChI is InChI=1S/C10H10F3NO/c11-10(12,13)15-9-4-2-1-3-6(9)7-5-8(7)14/h1-4,7-8H,5,14H2/t7-,8-/m1/s1. The number of hydrogen-bond acceptors (Lipinski definition) is 2. The molecule has 0 spiro atoms. The summed E-state index contributed by atoms with van der Waals surface area (Å²) in [5.41, 5.74) is 6.14. The van der Waals surface area contributed by atoms with Gasteiger partial charge in [-0.25, -0.2) is 0 Å². The van der Waals surface area contributed by atoms with E-state index in [0.717, 1.165) is 6.42 Å². The van der Waals surface area contributed by atoms with Gasteiger partial charge in [0, 0.05) is 12.0 Å². The van der Waals surface area contributed by atoms with Crippen molar-refractivity contribution in [2.24, 2.45) is 5.73 Å². The molecule has 0 radical (unpaired) electrons. The molecule has 1 aromatic rings. The van der Waals surface area contributed by atoms with Gasteiger partial charge in [-0.3, -0.25) is 0 Å². The summed E-state index contributed by atoms with van der Waals surface area (Å²) in [5, 5.41) is 0. The summed E-state index contributed by atoms with van der Waals surface area (Å²) in [5.74, 6) is -0.133. The first-order valence-electron chi connectivity index (χ1n) is 4.57. The van der Waals surface area contributed by atoms with Crippen molar-refractivity contribution in [3.05, 3.63) is 29.8 Å². The van der Waals surface area contributed by atoms with Crippen LogP contribution in [0, 0.1) is 0 Å². The molecule has 2 nitrogen and oxygen atoms in total. The molecular weight excluding hydrogens is 207 g/mol. The summed E-state index contributed by atoms with van der Waals surface area (Å²) in [6.07, 6.45) is -3.92. The Morgan fingerprint density at radius 1 is 1.27 bits per heavy atom. The van der Waals surface area contributed by atoms with Gasteiger partial charge in [0.25, 0.3) is 0 Å². The highest BCUT2D eigenvalue weighted by Gasteiger charge is 2.39. The molecule has 5 heteroatoms. The quantitative estimate of drug-likeness (QED) is 0.825. The molecule has 0 saturated heterocycles. The third kappa shape index (κ3) is 2.41. The van der Waals surface area contributed by atoms with Crippen molar-refractivity contribution in [1.29, 1.82) is 0 Å². The predicted octanol–water partition coefficient (Wildman–Crippen LogP) is 2.40. The molecule has 15 heavy (non-hydrogen) atoms. The Morgan fingerprint density at radius 3 is 2.40 bits per heavy atom. The number of benzene rings is 1. The monoisotopic (exact) mass is 217 g/mol. The van der Waals surface area contributed by atoms with Gasteiger partial charge in [0.15, 0.2) is 0 Å². The number of rotatable bonds is 2. The second kappa shape index (κ2) is 3.41. The first-order chi connectivity index (χ1) is 6.97. The van der Waals surface area contributed by atoms with Gasteiger partial charge in [-0.05, 0) is 18.1 Å². The molecule has 0 amide bonds. The molecule has 1 aliphatic carbocycles.